The van der Waals surface area contributed by atoms with E-state index in [0.717, 1.165) is 66.7 Å². The minimum Gasteiger partial charge on any atom is -0.446 e. The van der Waals surface area contributed by atoms with Crippen LogP contribution in [-0.2, 0) is 4.74 Å². The number of likely N-dealkylation sites (tertiary alicyclic amines) is 1. The van der Waals surface area contributed by atoms with Gasteiger partial charge in [0.2, 0.25) is 0 Å². The number of likely N-dealkylation sites (N-methyl/N-ethyl adjacent to an activating group) is 1. The van der Waals surface area contributed by atoms with Gasteiger partial charge in [0.1, 0.15) is 6.10 Å². The number of quaternary nitrogens is 1. The Morgan fingerprint density at radius 3 is 2.05 bits per heavy atom. The third-order valence-electron chi connectivity index (χ3n) is 8.10. The van der Waals surface area contributed by atoms with Gasteiger partial charge in [0, 0.05) is 31.6 Å². The van der Waals surface area contributed by atoms with Gasteiger partial charge in [0.05, 0.1) is 50.5 Å². The number of anilines is 1. The van der Waals surface area contributed by atoms with Crippen molar-refractivity contribution in [3.63, 3.8) is 0 Å². The highest BCUT2D eigenvalue weighted by molar-refractivity contribution is 6.21. The molecule has 2 aliphatic heterocycles. The normalized spacial score (nSPS) is 16.1. The fourth-order valence-electron chi connectivity index (χ4n) is 5.65. The maximum Gasteiger partial charge on any atom is 0.411 e. The molecule has 1 fully saturated rings. The number of fused-ring (bicyclic) bond motifs is 1. The summed E-state index contributed by atoms with van der Waals surface area (Å²) in [4.78, 5) is 41.8. The summed E-state index contributed by atoms with van der Waals surface area (Å²) in [5.41, 5.74) is 3.76. The molecule has 1 saturated heterocycles. The Labute approximate surface area is 242 Å². The van der Waals surface area contributed by atoms with E-state index >= 15 is 0 Å². The summed E-state index contributed by atoms with van der Waals surface area (Å²) in [7, 11) is 4.29. The average molecular weight is 556 g/mol. The molecule has 2 aliphatic rings. The zero-order valence-corrected chi connectivity index (χ0v) is 23.9. The second kappa shape index (κ2) is 12.7. The summed E-state index contributed by atoms with van der Waals surface area (Å²) in [5.74, 6) is -0.380. The van der Waals surface area contributed by atoms with Crippen LogP contribution in [0.4, 0.5) is 10.5 Å². The van der Waals surface area contributed by atoms with Gasteiger partial charge in [-0.3, -0.25) is 19.8 Å². The smallest absolute Gasteiger partial charge is 0.411 e. The van der Waals surface area contributed by atoms with Gasteiger partial charge in [-0.15, -0.1) is 0 Å². The molecular weight excluding hydrogens is 516 g/mol. The van der Waals surface area contributed by atoms with Crippen molar-refractivity contribution in [3.05, 3.63) is 90.0 Å². The van der Waals surface area contributed by atoms with Crippen LogP contribution in [0.25, 0.3) is 11.1 Å². The lowest BCUT2D eigenvalue weighted by molar-refractivity contribution is -0.889. The van der Waals surface area contributed by atoms with Gasteiger partial charge in [-0.2, -0.15) is 0 Å². The molecule has 0 aromatic heterocycles. The van der Waals surface area contributed by atoms with Crippen molar-refractivity contribution in [2.24, 2.45) is 0 Å². The van der Waals surface area contributed by atoms with E-state index in [1.165, 1.54) is 4.90 Å². The van der Waals surface area contributed by atoms with Gasteiger partial charge >= 0.3 is 6.09 Å². The van der Waals surface area contributed by atoms with Crippen LogP contribution in [0.2, 0.25) is 0 Å². The van der Waals surface area contributed by atoms with E-state index in [1.807, 2.05) is 54.6 Å². The summed E-state index contributed by atoms with van der Waals surface area (Å²) in [5, 5.41) is 2.94. The molecule has 8 nitrogen and oxygen atoms in total. The van der Waals surface area contributed by atoms with Gasteiger partial charge in [-0.1, -0.05) is 60.7 Å². The van der Waals surface area contributed by atoms with Crippen molar-refractivity contribution in [1.29, 1.82) is 0 Å². The van der Waals surface area contributed by atoms with E-state index in [-0.39, 0.29) is 17.9 Å². The fraction of sp³-hybridized carbons (Fsp3) is 0.364. The summed E-state index contributed by atoms with van der Waals surface area (Å²) in [6.07, 6.45) is 2.13. The van der Waals surface area contributed by atoms with Crippen molar-refractivity contribution in [3.8, 4) is 11.1 Å². The zero-order chi connectivity index (χ0) is 28.8. The highest BCUT2D eigenvalue weighted by atomic mass is 16.6. The van der Waals surface area contributed by atoms with Gasteiger partial charge in [-0.25, -0.2) is 4.79 Å². The molecular formula is C33H39N4O4+. The molecule has 3 aromatic rings. The Balaban J connectivity index is 1.01. The molecule has 5 rings (SSSR count). The first kappa shape index (κ1) is 28.5. The van der Waals surface area contributed by atoms with Crippen LogP contribution >= 0.6 is 0 Å². The predicted octanol–water partition coefficient (Wildman–Crippen LogP) is 5.13. The molecule has 0 spiro atoms. The van der Waals surface area contributed by atoms with Crippen molar-refractivity contribution >= 4 is 23.6 Å². The van der Waals surface area contributed by atoms with Crippen molar-refractivity contribution in [2.45, 2.75) is 25.4 Å². The number of carbonyl (C=O) groups is 3. The van der Waals surface area contributed by atoms with Crippen LogP contribution in [0.15, 0.2) is 78.9 Å². The molecule has 0 radical (unpaired) electrons. The molecule has 214 valence electrons. The topological polar surface area (TPSA) is 79.0 Å². The lowest BCUT2D eigenvalue weighted by atomic mass is 10.0. The second-order valence-corrected chi connectivity index (χ2v) is 11.5. The van der Waals surface area contributed by atoms with Crippen LogP contribution in [0, 0.1) is 0 Å². The molecule has 0 unspecified atom stereocenters. The average Bonchev–Trinajstić information content (AvgIpc) is 3.22. The molecule has 0 atom stereocenters. The minimum absolute atomic E-state index is 0.0954. The Kier molecular flexibility index (Phi) is 8.81. The molecule has 2 heterocycles. The number of nitrogens with zero attached hydrogens (tertiary/aromatic N) is 3. The number of amides is 3. The lowest BCUT2D eigenvalue weighted by Gasteiger charge is -2.34. The monoisotopic (exact) mass is 555 g/mol. The Morgan fingerprint density at radius 1 is 0.805 bits per heavy atom. The summed E-state index contributed by atoms with van der Waals surface area (Å²) in [6, 6.07) is 24.8. The number of carbonyl (C=O) groups excluding carboxylic acids is 3. The van der Waals surface area contributed by atoms with Gasteiger partial charge < -0.3 is 14.1 Å². The zero-order valence-electron chi connectivity index (χ0n) is 23.9. The Morgan fingerprint density at radius 2 is 1.39 bits per heavy atom. The van der Waals surface area contributed by atoms with Gasteiger partial charge in [-0.05, 0) is 36.6 Å². The number of rotatable bonds is 10. The quantitative estimate of drug-likeness (QED) is 0.277. The Bertz CT molecular complexity index is 1350. The summed E-state index contributed by atoms with van der Waals surface area (Å²) in [6.45, 7) is 4.83. The number of piperidine rings is 1. The molecule has 0 bridgehead atoms. The van der Waals surface area contributed by atoms with Crippen molar-refractivity contribution in [2.75, 3.05) is 58.7 Å². The number of nitrogens with one attached hydrogen (secondary N) is 1. The van der Waals surface area contributed by atoms with Crippen LogP contribution in [-0.4, -0.2) is 91.7 Å². The van der Waals surface area contributed by atoms with Gasteiger partial charge in [0.15, 0.2) is 0 Å². The number of hydrogen-bond donors (Lipinski definition) is 1. The van der Waals surface area contributed by atoms with E-state index in [2.05, 4.69) is 24.3 Å². The molecule has 0 saturated carbocycles. The third-order valence-corrected chi connectivity index (χ3v) is 8.10. The largest absolute Gasteiger partial charge is 0.446 e. The first-order valence-corrected chi connectivity index (χ1v) is 14.4. The minimum atomic E-state index is -0.413. The van der Waals surface area contributed by atoms with Crippen LogP contribution in [0.3, 0.4) is 0 Å². The first-order chi connectivity index (χ1) is 19.8. The predicted molar refractivity (Wildman–Crippen MR) is 160 cm³/mol. The summed E-state index contributed by atoms with van der Waals surface area (Å²) < 4.78 is 6.51. The van der Waals surface area contributed by atoms with E-state index < -0.39 is 6.09 Å². The molecule has 41 heavy (non-hydrogen) atoms. The maximum atomic E-state index is 12.7. The molecule has 8 heteroatoms. The van der Waals surface area contributed by atoms with E-state index in [4.69, 9.17) is 4.74 Å². The highest BCUT2D eigenvalue weighted by Gasteiger charge is 2.36. The van der Waals surface area contributed by atoms with E-state index in [1.54, 1.807) is 24.3 Å². The standard InChI is InChI=1S/C33H38N4O4/c1-37(2,24-22-36-31(38)28-14-6-7-15-29(28)32(36)39)23-10-19-35-20-17-26(18-21-35)41-33(40)34-30-16-9-8-13-27(30)25-11-4-3-5-12-25/h3-9,11-16,26H,10,17-24H2,1-2H3/p+1. The number of hydrogen-bond acceptors (Lipinski definition) is 5. The molecule has 1 N–H and O–H groups in total. The summed E-state index contributed by atoms with van der Waals surface area (Å²) >= 11 is 0. The fourth-order valence-corrected chi connectivity index (χ4v) is 5.65. The van der Waals surface area contributed by atoms with Crippen LogP contribution in [0.5, 0.6) is 0 Å². The lowest BCUT2D eigenvalue weighted by Crippen LogP contribution is -2.48. The molecule has 3 aromatic carbocycles. The highest BCUT2D eigenvalue weighted by Crippen LogP contribution is 2.28. The van der Waals surface area contributed by atoms with E-state index in [0.29, 0.717) is 24.2 Å². The Hall–Kier alpha value is -4.01. The van der Waals surface area contributed by atoms with Crippen LogP contribution < -0.4 is 5.32 Å². The first-order valence-electron chi connectivity index (χ1n) is 14.4. The van der Waals surface area contributed by atoms with Crippen molar-refractivity contribution < 1.29 is 23.6 Å². The number of benzene rings is 3. The second-order valence-electron chi connectivity index (χ2n) is 11.5. The van der Waals surface area contributed by atoms with E-state index in [9.17, 15) is 14.4 Å². The molecule has 0 aliphatic carbocycles. The van der Waals surface area contributed by atoms with Crippen molar-refractivity contribution in [1.82, 2.24) is 9.80 Å². The third kappa shape index (κ3) is 7.01. The van der Waals surface area contributed by atoms with Crippen LogP contribution in [0.1, 0.15) is 40.0 Å². The molecule has 3 amide bonds. The number of para-hydroxylation sites is 1. The number of ether oxygens (including phenoxy) is 1. The maximum absolute atomic E-state index is 12.7. The SMILES string of the molecule is C[N+](C)(CCCN1CCC(OC(=O)Nc2ccccc2-c2ccccc2)CC1)CCN1C(=O)c2ccccc2C1=O. The number of imide groups is 1. The van der Waals surface area contributed by atoms with Gasteiger partial charge in [0.25, 0.3) is 11.8 Å².